The molecule has 0 atom stereocenters. The third kappa shape index (κ3) is 2.57. The number of carboxylic acids is 1. The highest BCUT2D eigenvalue weighted by atomic mass is 16.4. The summed E-state index contributed by atoms with van der Waals surface area (Å²) in [6.07, 6.45) is 3.45. The van der Waals surface area contributed by atoms with Crippen LogP contribution < -0.4 is 0 Å². The van der Waals surface area contributed by atoms with Gasteiger partial charge in [-0.1, -0.05) is 18.2 Å². The molecule has 3 heteroatoms. The number of carbonyl (C=O) groups is 1. The summed E-state index contributed by atoms with van der Waals surface area (Å²) in [6.45, 7) is 0. The zero-order valence-electron chi connectivity index (χ0n) is 8.89. The van der Waals surface area contributed by atoms with E-state index in [2.05, 4.69) is 4.98 Å². The standard InChI is InChI=1S/C13H13NO2/c15-13(16)5-1-3-10-6-7-11-4-2-8-14-12(11)9-10/h2,4,6-9H,1,3,5H2,(H,15,16). The van der Waals surface area contributed by atoms with E-state index in [-0.39, 0.29) is 6.42 Å². The Hall–Kier alpha value is -1.90. The first kappa shape index (κ1) is 10.6. The number of aromatic nitrogens is 1. The monoisotopic (exact) mass is 215 g/mol. The summed E-state index contributed by atoms with van der Waals surface area (Å²) in [5, 5.41) is 9.67. The fraction of sp³-hybridized carbons (Fsp3) is 0.231. The van der Waals surface area contributed by atoms with Gasteiger partial charge in [0, 0.05) is 18.0 Å². The van der Waals surface area contributed by atoms with Gasteiger partial charge in [-0.25, -0.2) is 0 Å². The van der Waals surface area contributed by atoms with Gasteiger partial charge in [-0.15, -0.1) is 0 Å². The fourth-order valence-electron chi connectivity index (χ4n) is 1.71. The topological polar surface area (TPSA) is 50.2 Å². The third-order valence-electron chi connectivity index (χ3n) is 2.53. The molecule has 2 aromatic rings. The molecule has 1 aromatic heterocycles. The van der Waals surface area contributed by atoms with Crippen molar-refractivity contribution in [1.82, 2.24) is 4.98 Å². The summed E-state index contributed by atoms with van der Waals surface area (Å²) in [5.41, 5.74) is 2.11. The molecule has 2 rings (SSSR count). The normalized spacial score (nSPS) is 10.5. The number of hydrogen-bond donors (Lipinski definition) is 1. The van der Waals surface area contributed by atoms with Gasteiger partial charge in [0.1, 0.15) is 0 Å². The van der Waals surface area contributed by atoms with E-state index in [0.29, 0.717) is 6.42 Å². The molecule has 16 heavy (non-hydrogen) atoms. The molecule has 0 unspecified atom stereocenters. The minimum atomic E-state index is -0.737. The van der Waals surface area contributed by atoms with E-state index in [9.17, 15) is 4.79 Å². The van der Waals surface area contributed by atoms with Crippen molar-refractivity contribution < 1.29 is 9.90 Å². The van der Waals surface area contributed by atoms with Gasteiger partial charge < -0.3 is 5.11 Å². The van der Waals surface area contributed by atoms with Crippen LogP contribution in [0.3, 0.4) is 0 Å². The van der Waals surface area contributed by atoms with Crippen LogP contribution in [0, 0.1) is 0 Å². The molecule has 1 N–H and O–H groups in total. The smallest absolute Gasteiger partial charge is 0.303 e. The molecule has 0 aliphatic rings. The van der Waals surface area contributed by atoms with Gasteiger partial charge in [0.25, 0.3) is 0 Å². The van der Waals surface area contributed by atoms with Gasteiger partial charge >= 0.3 is 5.97 Å². The highest BCUT2D eigenvalue weighted by molar-refractivity contribution is 5.78. The van der Waals surface area contributed by atoms with Crippen LogP contribution in [0.4, 0.5) is 0 Å². The van der Waals surface area contributed by atoms with Crippen LogP contribution in [0.2, 0.25) is 0 Å². The van der Waals surface area contributed by atoms with E-state index in [0.717, 1.165) is 22.9 Å². The first-order chi connectivity index (χ1) is 7.75. The molecule has 0 saturated carbocycles. The van der Waals surface area contributed by atoms with Crippen LogP contribution in [-0.2, 0) is 11.2 Å². The van der Waals surface area contributed by atoms with Crippen molar-refractivity contribution in [1.29, 1.82) is 0 Å². The number of hydrogen-bond acceptors (Lipinski definition) is 2. The van der Waals surface area contributed by atoms with Gasteiger partial charge in [-0.05, 0) is 30.5 Å². The van der Waals surface area contributed by atoms with Crippen molar-refractivity contribution in [2.24, 2.45) is 0 Å². The van der Waals surface area contributed by atoms with Gasteiger partial charge in [-0.2, -0.15) is 0 Å². The maximum atomic E-state index is 10.4. The average molecular weight is 215 g/mol. The predicted molar refractivity (Wildman–Crippen MR) is 62.3 cm³/mol. The van der Waals surface area contributed by atoms with Gasteiger partial charge in [0.15, 0.2) is 0 Å². The Kier molecular flexibility index (Phi) is 3.15. The van der Waals surface area contributed by atoms with Crippen LogP contribution in [0.15, 0.2) is 36.5 Å². The van der Waals surface area contributed by atoms with Crippen molar-refractivity contribution >= 4 is 16.9 Å². The number of pyridine rings is 1. The molecule has 0 amide bonds. The Morgan fingerprint density at radius 1 is 1.31 bits per heavy atom. The van der Waals surface area contributed by atoms with E-state index >= 15 is 0 Å². The van der Waals surface area contributed by atoms with Gasteiger partial charge in [-0.3, -0.25) is 9.78 Å². The van der Waals surface area contributed by atoms with Crippen molar-refractivity contribution in [3.8, 4) is 0 Å². The number of nitrogens with zero attached hydrogens (tertiary/aromatic N) is 1. The Balaban J connectivity index is 2.10. The Morgan fingerprint density at radius 3 is 3.00 bits per heavy atom. The maximum absolute atomic E-state index is 10.4. The molecule has 0 aliphatic carbocycles. The van der Waals surface area contributed by atoms with E-state index < -0.39 is 5.97 Å². The minimum Gasteiger partial charge on any atom is -0.481 e. The molecule has 3 nitrogen and oxygen atoms in total. The number of carboxylic acid groups (broad SMARTS) is 1. The number of aliphatic carboxylic acids is 1. The van der Waals surface area contributed by atoms with Crippen LogP contribution in [-0.4, -0.2) is 16.1 Å². The summed E-state index contributed by atoms with van der Waals surface area (Å²) in [7, 11) is 0. The zero-order chi connectivity index (χ0) is 11.4. The fourth-order valence-corrected chi connectivity index (χ4v) is 1.71. The summed E-state index contributed by atoms with van der Waals surface area (Å²) in [6, 6.07) is 10.0. The number of benzene rings is 1. The zero-order valence-corrected chi connectivity index (χ0v) is 8.89. The molecular formula is C13H13NO2. The predicted octanol–water partition coefficient (Wildman–Crippen LogP) is 2.64. The molecule has 0 saturated heterocycles. The molecule has 0 spiro atoms. The van der Waals surface area contributed by atoms with Crippen molar-refractivity contribution in [2.75, 3.05) is 0 Å². The highest BCUT2D eigenvalue weighted by Gasteiger charge is 2.00. The second-order valence-corrected chi connectivity index (χ2v) is 3.78. The largest absolute Gasteiger partial charge is 0.481 e. The third-order valence-corrected chi connectivity index (χ3v) is 2.53. The molecule has 0 fully saturated rings. The summed E-state index contributed by atoms with van der Waals surface area (Å²) < 4.78 is 0. The Labute approximate surface area is 93.7 Å². The SMILES string of the molecule is O=C(O)CCCc1ccc2cccnc2c1. The number of aryl methyl sites for hydroxylation is 1. The van der Waals surface area contributed by atoms with E-state index in [1.165, 1.54) is 0 Å². The molecule has 1 heterocycles. The Morgan fingerprint density at radius 2 is 2.19 bits per heavy atom. The van der Waals surface area contributed by atoms with Gasteiger partial charge in [0.2, 0.25) is 0 Å². The van der Waals surface area contributed by atoms with Crippen LogP contribution in [0.25, 0.3) is 10.9 Å². The van der Waals surface area contributed by atoms with Crippen molar-refractivity contribution in [3.63, 3.8) is 0 Å². The molecule has 0 bridgehead atoms. The van der Waals surface area contributed by atoms with Crippen molar-refractivity contribution in [2.45, 2.75) is 19.3 Å². The lowest BCUT2D eigenvalue weighted by Crippen LogP contribution is -1.95. The molecule has 82 valence electrons. The number of fused-ring (bicyclic) bond motifs is 1. The highest BCUT2D eigenvalue weighted by Crippen LogP contribution is 2.14. The maximum Gasteiger partial charge on any atom is 0.303 e. The lowest BCUT2D eigenvalue weighted by Gasteiger charge is -2.01. The lowest BCUT2D eigenvalue weighted by atomic mass is 10.1. The Bertz CT molecular complexity index is 508. The van der Waals surface area contributed by atoms with Crippen LogP contribution in [0.5, 0.6) is 0 Å². The summed E-state index contributed by atoms with van der Waals surface area (Å²) in [5.74, 6) is -0.737. The molecule has 0 radical (unpaired) electrons. The second kappa shape index (κ2) is 4.75. The molecular weight excluding hydrogens is 202 g/mol. The molecule has 1 aromatic carbocycles. The summed E-state index contributed by atoms with van der Waals surface area (Å²) in [4.78, 5) is 14.7. The van der Waals surface area contributed by atoms with Crippen LogP contribution in [0.1, 0.15) is 18.4 Å². The van der Waals surface area contributed by atoms with Gasteiger partial charge in [0.05, 0.1) is 5.52 Å². The minimum absolute atomic E-state index is 0.222. The van der Waals surface area contributed by atoms with Crippen molar-refractivity contribution in [3.05, 3.63) is 42.1 Å². The average Bonchev–Trinajstić information content (AvgIpc) is 2.28. The van der Waals surface area contributed by atoms with E-state index in [4.69, 9.17) is 5.11 Å². The second-order valence-electron chi connectivity index (χ2n) is 3.78. The quantitative estimate of drug-likeness (QED) is 0.852. The van der Waals surface area contributed by atoms with E-state index in [1.54, 1.807) is 6.20 Å². The number of rotatable bonds is 4. The first-order valence-corrected chi connectivity index (χ1v) is 5.31. The molecule has 0 aliphatic heterocycles. The lowest BCUT2D eigenvalue weighted by molar-refractivity contribution is -0.137. The van der Waals surface area contributed by atoms with Crippen LogP contribution >= 0.6 is 0 Å². The summed E-state index contributed by atoms with van der Waals surface area (Å²) >= 11 is 0. The first-order valence-electron chi connectivity index (χ1n) is 5.31. The van der Waals surface area contributed by atoms with E-state index in [1.807, 2.05) is 30.3 Å².